The molecule has 1 fully saturated rings. The molecule has 1 aliphatic carbocycles. The molecular formula is C29H38N4OS. The van der Waals surface area contributed by atoms with E-state index in [0.29, 0.717) is 18.3 Å². The lowest BCUT2D eigenvalue weighted by Crippen LogP contribution is -2.36. The number of carbonyl (C=O) groups is 1. The number of hydrogen-bond donors (Lipinski definition) is 1. The lowest BCUT2D eigenvalue weighted by molar-refractivity contribution is -0.119. The average Bonchev–Trinajstić information content (AvgIpc) is 3.22. The second kappa shape index (κ2) is 11.9. The van der Waals surface area contributed by atoms with Crippen LogP contribution in [0, 0.1) is 0 Å². The van der Waals surface area contributed by atoms with E-state index >= 15 is 0 Å². The lowest BCUT2D eigenvalue weighted by Gasteiger charge is -2.21. The highest BCUT2D eigenvalue weighted by Gasteiger charge is 2.19. The summed E-state index contributed by atoms with van der Waals surface area (Å²) in [4.78, 5) is 12.8. The monoisotopic (exact) mass is 490 g/mol. The molecule has 3 aromatic rings. The number of amides is 1. The molecular weight excluding hydrogens is 452 g/mol. The second-order valence-electron chi connectivity index (χ2n) is 10.6. The smallest absolute Gasteiger partial charge is 0.230 e. The minimum absolute atomic E-state index is 0.0888. The molecule has 0 bridgehead atoms. The van der Waals surface area contributed by atoms with Crippen LogP contribution in [0.4, 0.5) is 0 Å². The van der Waals surface area contributed by atoms with Crippen molar-refractivity contribution in [1.29, 1.82) is 0 Å². The summed E-state index contributed by atoms with van der Waals surface area (Å²) >= 11 is 1.47. The molecule has 0 spiro atoms. The maximum Gasteiger partial charge on any atom is 0.230 e. The zero-order valence-corrected chi connectivity index (χ0v) is 22.1. The van der Waals surface area contributed by atoms with Gasteiger partial charge in [-0.3, -0.25) is 9.36 Å². The Hall–Kier alpha value is -2.60. The van der Waals surface area contributed by atoms with Gasteiger partial charge >= 0.3 is 0 Å². The quantitative estimate of drug-likeness (QED) is 0.379. The van der Waals surface area contributed by atoms with Crippen LogP contribution in [0.3, 0.4) is 0 Å². The molecule has 4 rings (SSSR count). The van der Waals surface area contributed by atoms with E-state index in [1.807, 2.05) is 18.2 Å². The lowest BCUT2D eigenvalue weighted by atomic mass is 9.87. The molecule has 35 heavy (non-hydrogen) atoms. The third-order valence-electron chi connectivity index (χ3n) is 6.71. The summed E-state index contributed by atoms with van der Waals surface area (Å²) in [5, 5.41) is 13.1. The predicted molar refractivity (Wildman–Crippen MR) is 145 cm³/mol. The van der Waals surface area contributed by atoms with Crippen molar-refractivity contribution in [3.8, 4) is 11.4 Å². The van der Waals surface area contributed by atoms with E-state index in [4.69, 9.17) is 0 Å². The van der Waals surface area contributed by atoms with Gasteiger partial charge in [0.2, 0.25) is 5.91 Å². The predicted octanol–water partition coefficient (Wildman–Crippen LogP) is 6.61. The molecule has 0 radical (unpaired) electrons. The highest BCUT2D eigenvalue weighted by molar-refractivity contribution is 7.99. The fourth-order valence-corrected chi connectivity index (χ4v) is 5.39. The maximum atomic E-state index is 12.8. The van der Waals surface area contributed by atoms with Crippen molar-refractivity contribution in [2.75, 3.05) is 5.75 Å². The van der Waals surface area contributed by atoms with Crippen LogP contribution in [-0.2, 0) is 16.8 Å². The van der Waals surface area contributed by atoms with E-state index in [-0.39, 0.29) is 11.3 Å². The molecule has 0 atom stereocenters. The Balaban J connectivity index is 1.50. The van der Waals surface area contributed by atoms with Crippen molar-refractivity contribution in [2.24, 2.45) is 0 Å². The van der Waals surface area contributed by atoms with Gasteiger partial charge in [0.15, 0.2) is 11.0 Å². The van der Waals surface area contributed by atoms with E-state index < -0.39 is 0 Å². The highest BCUT2D eigenvalue weighted by atomic mass is 32.2. The minimum atomic E-state index is 0.0888. The summed E-state index contributed by atoms with van der Waals surface area (Å²) in [5.41, 5.74) is 3.60. The van der Waals surface area contributed by atoms with Crippen LogP contribution in [-0.4, -0.2) is 32.5 Å². The number of nitrogens with one attached hydrogen (secondary N) is 1. The molecule has 0 saturated heterocycles. The molecule has 1 amide bonds. The first-order valence-electron chi connectivity index (χ1n) is 12.9. The number of nitrogens with zero attached hydrogens (tertiary/aromatic N) is 3. The minimum Gasteiger partial charge on any atom is -0.353 e. The van der Waals surface area contributed by atoms with E-state index in [2.05, 4.69) is 77.3 Å². The van der Waals surface area contributed by atoms with Gasteiger partial charge in [0.1, 0.15) is 0 Å². The van der Waals surface area contributed by atoms with E-state index in [1.165, 1.54) is 55.0 Å². The molecule has 5 nitrogen and oxygen atoms in total. The SMILES string of the molecule is CC(C)(C)c1ccc(-c2nnc(SCC(=O)NC3CCCCCCC3)n2Cc2ccccc2)cc1. The Kier molecular flexibility index (Phi) is 8.66. The molecule has 0 aliphatic heterocycles. The normalized spacial score (nSPS) is 15.4. The van der Waals surface area contributed by atoms with Crippen molar-refractivity contribution >= 4 is 17.7 Å². The van der Waals surface area contributed by atoms with Gasteiger partial charge in [0.25, 0.3) is 0 Å². The summed E-state index contributed by atoms with van der Waals surface area (Å²) in [6, 6.07) is 19.3. The molecule has 186 valence electrons. The summed E-state index contributed by atoms with van der Waals surface area (Å²) in [7, 11) is 0. The number of benzene rings is 2. The van der Waals surface area contributed by atoms with Gasteiger partial charge in [-0.1, -0.05) is 119 Å². The summed E-state index contributed by atoms with van der Waals surface area (Å²) in [5.74, 6) is 1.27. The van der Waals surface area contributed by atoms with Crippen molar-refractivity contribution in [3.63, 3.8) is 0 Å². The van der Waals surface area contributed by atoms with Gasteiger partial charge in [-0.05, 0) is 29.4 Å². The van der Waals surface area contributed by atoms with Crippen molar-refractivity contribution in [2.45, 2.75) is 88.9 Å². The molecule has 1 heterocycles. The fourth-order valence-electron chi connectivity index (χ4n) is 4.64. The first kappa shape index (κ1) is 25.5. The van der Waals surface area contributed by atoms with Gasteiger partial charge in [-0.15, -0.1) is 10.2 Å². The molecule has 1 aromatic heterocycles. The number of thioether (sulfide) groups is 1. The average molecular weight is 491 g/mol. The zero-order chi connectivity index (χ0) is 24.7. The van der Waals surface area contributed by atoms with E-state index in [1.54, 1.807) is 0 Å². The van der Waals surface area contributed by atoms with Crippen LogP contribution >= 0.6 is 11.8 Å². The highest BCUT2D eigenvalue weighted by Crippen LogP contribution is 2.28. The van der Waals surface area contributed by atoms with Crippen LogP contribution in [0.25, 0.3) is 11.4 Å². The number of rotatable bonds is 7. The second-order valence-corrected chi connectivity index (χ2v) is 11.5. The summed E-state index contributed by atoms with van der Waals surface area (Å²) in [6.45, 7) is 7.32. The Morgan fingerprint density at radius 1 is 0.943 bits per heavy atom. The van der Waals surface area contributed by atoms with Gasteiger partial charge in [-0.2, -0.15) is 0 Å². The standard InChI is InChI=1S/C29H38N4OS/c1-29(2,3)24-18-16-23(17-19-24)27-31-32-28(33(27)20-22-12-8-7-9-13-22)35-21-26(34)30-25-14-10-5-4-6-11-15-25/h7-9,12-13,16-19,25H,4-6,10-11,14-15,20-21H2,1-3H3,(H,30,34). The van der Waals surface area contributed by atoms with Crippen LogP contribution in [0.2, 0.25) is 0 Å². The Morgan fingerprint density at radius 3 is 2.26 bits per heavy atom. The van der Waals surface area contributed by atoms with Gasteiger partial charge in [0.05, 0.1) is 12.3 Å². The largest absolute Gasteiger partial charge is 0.353 e. The molecule has 1 aliphatic rings. The summed E-state index contributed by atoms with van der Waals surface area (Å²) < 4.78 is 2.13. The van der Waals surface area contributed by atoms with Crippen LogP contribution in [0.15, 0.2) is 59.8 Å². The van der Waals surface area contributed by atoms with Gasteiger partial charge < -0.3 is 5.32 Å². The van der Waals surface area contributed by atoms with Crippen molar-refractivity contribution in [3.05, 3.63) is 65.7 Å². The van der Waals surface area contributed by atoms with E-state index in [0.717, 1.165) is 29.4 Å². The molecule has 6 heteroatoms. The molecule has 1 N–H and O–H groups in total. The van der Waals surface area contributed by atoms with E-state index in [9.17, 15) is 4.79 Å². The van der Waals surface area contributed by atoms with Crippen molar-refractivity contribution < 1.29 is 4.79 Å². The van der Waals surface area contributed by atoms with Crippen LogP contribution in [0.1, 0.15) is 76.8 Å². The van der Waals surface area contributed by atoms with Crippen LogP contribution < -0.4 is 5.32 Å². The Morgan fingerprint density at radius 2 is 1.60 bits per heavy atom. The van der Waals surface area contributed by atoms with Gasteiger partial charge in [-0.25, -0.2) is 0 Å². The number of hydrogen-bond acceptors (Lipinski definition) is 4. The Bertz CT molecular complexity index is 1080. The number of aromatic nitrogens is 3. The van der Waals surface area contributed by atoms with Crippen LogP contribution in [0.5, 0.6) is 0 Å². The Labute approximate surface area is 214 Å². The first-order chi connectivity index (χ1) is 16.9. The maximum absolute atomic E-state index is 12.8. The molecule has 1 saturated carbocycles. The number of carbonyl (C=O) groups excluding carboxylic acids is 1. The third kappa shape index (κ3) is 7.20. The third-order valence-corrected chi connectivity index (χ3v) is 7.68. The fraction of sp³-hybridized carbons (Fsp3) is 0.483. The van der Waals surface area contributed by atoms with Gasteiger partial charge in [0, 0.05) is 11.6 Å². The topological polar surface area (TPSA) is 59.8 Å². The van der Waals surface area contributed by atoms with Crippen molar-refractivity contribution in [1.82, 2.24) is 20.1 Å². The first-order valence-corrected chi connectivity index (χ1v) is 13.9. The summed E-state index contributed by atoms with van der Waals surface area (Å²) in [6.07, 6.45) is 8.49. The molecule has 2 aromatic carbocycles. The molecule has 0 unspecified atom stereocenters. The zero-order valence-electron chi connectivity index (χ0n) is 21.3.